The van der Waals surface area contributed by atoms with Gasteiger partial charge in [0.05, 0.1) is 7.11 Å². The second-order valence-corrected chi connectivity index (χ2v) is 7.16. The summed E-state index contributed by atoms with van der Waals surface area (Å²) in [4.78, 5) is 35.9. The van der Waals surface area contributed by atoms with E-state index in [1.165, 1.54) is 0 Å². The van der Waals surface area contributed by atoms with Gasteiger partial charge in [-0.25, -0.2) is 4.98 Å². The molecule has 0 bridgehead atoms. The maximum atomic E-state index is 12.6. The van der Waals surface area contributed by atoms with Crippen LogP contribution in [0.15, 0.2) is 47.5 Å². The van der Waals surface area contributed by atoms with Crippen LogP contribution in [-0.4, -0.2) is 67.2 Å². The quantitative estimate of drug-likeness (QED) is 0.642. The summed E-state index contributed by atoms with van der Waals surface area (Å²) in [5.41, 5.74) is 2.26. The third-order valence-electron chi connectivity index (χ3n) is 5.31. The minimum Gasteiger partial charge on any atom is -0.481 e. The zero-order valence-electron chi connectivity index (χ0n) is 17.7. The van der Waals surface area contributed by atoms with Crippen LogP contribution >= 0.6 is 0 Å². The molecule has 8 nitrogen and oxygen atoms in total. The molecule has 0 radical (unpaired) electrons. The first-order chi connectivity index (χ1) is 14.6. The van der Waals surface area contributed by atoms with E-state index in [9.17, 15) is 9.59 Å². The molecule has 0 unspecified atom stereocenters. The molecule has 1 atom stereocenters. The Morgan fingerprint density at radius 1 is 1.43 bits per heavy atom. The number of aromatic amines is 1. The molecule has 1 saturated heterocycles. The van der Waals surface area contributed by atoms with E-state index < -0.39 is 0 Å². The van der Waals surface area contributed by atoms with Gasteiger partial charge in [-0.05, 0) is 38.1 Å². The number of carbonyl (C=O) groups excluding carboxylic acids is 1. The van der Waals surface area contributed by atoms with Crippen molar-refractivity contribution in [3.8, 4) is 17.0 Å². The van der Waals surface area contributed by atoms with Gasteiger partial charge in [-0.15, -0.1) is 0 Å². The lowest BCUT2D eigenvalue weighted by Gasteiger charge is -2.29. The Morgan fingerprint density at radius 3 is 3.00 bits per heavy atom. The number of carbonyl (C=O) groups is 1. The van der Waals surface area contributed by atoms with Crippen molar-refractivity contribution in [2.24, 2.45) is 0 Å². The molecule has 1 amide bonds. The standard InChI is InChI=1S/C22H29N5O3/c1-4-27(18-8-11-26(15-18)21(28)6-5-9-23-2)19-12-17(14-25-22(19)29)16-7-10-24-20(13-16)30-3/h5-7,10,12-14,18,23H,4,8-9,11,15H2,1-3H3,(H,25,29)/t18-/m0/s1. The first-order valence-electron chi connectivity index (χ1n) is 10.2. The molecule has 0 aromatic carbocycles. The van der Waals surface area contributed by atoms with Gasteiger partial charge in [-0.3, -0.25) is 9.59 Å². The van der Waals surface area contributed by atoms with Crippen molar-refractivity contribution < 1.29 is 9.53 Å². The molecule has 0 aliphatic carbocycles. The molecule has 2 aromatic heterocycles. The van der Waals surface area contributed by atoms with Crippen LogP contribution in [0.2, 0.25) is 0 Å². The number of likely N-dealkylation sites (tertiary alicyclic amines) is 1. The Balaban J connectivity index is 1.81. The molecule has 0 saturated carbocycles. The second kappa shape index (κ2) is 10.1. The average molecular weight is 412 g/mol. The van der Waals surface area contributed by atoms with Gasteiger partial charge in [0.15, 0.2) is 0 Å². The Bertz CT molecular complexity index is 956. The Kier molecular flexibility index (Phi) is 7.24. The fourth-order valence-corrected chi connectivity index (χ4v) is 3.76. The summed E-state index contributed by atoms with van der Waals surface area (Å²) in [6.45, 7) is 4.64. The van der Waals surface area contributed by atoms with Crippen LogP contribution in [0, 0.1) is 0 Å². The summed E-state index contributed by atoms with van der Waals surface area (Å²) in [6, 6.07) is 5.71. The maximum absolute atomic E-state index is 12.6. The number of likely N-dealkylation sites (N-methyl/N-ethyl adjacent to an activating group) is 2. The number of pyridine rings is 2. The summed E-state index contributed by atoms with van der Waals surface area (Å²) < 4.78 is 5.21. The number of ether oxygens (including phenoxy) is 1. The third-order valence-corrected chi connectivity index (χ3v) is 5.31. The lowest BCUT2D eigenvalue weighted by molar-refractivity contribution is -0.125. The molecule has 3 rings (SSSR count). The Morgan fingerprint density at radius 2 is 2.27 bits per heavy atom. The van der Waals surface area contributed by atoms with Gasteiger partial charge in [0, 0.05) is 62.3 Å². The van der Waals surface area contributed by atoms with Crippen molar-refractivity contribution in [1.29, 1.82) is 0 Å². The number of nitrogens with zero attached hydrogens (tertiary/aromatic N) is 3. The first-order valence-corrected chi connectivity index (χ1v) is 10.2. The predicted molar refractivity (Wildman–Crippen MR) is 118 cm³/mol. The number of amides is 1. The predicted octanol–water partition coefficient (Wildman–Crippen LogP) is 1.65. The molecule has 2 N–H and O–H groups in total. The van der Waals surface area contributed by atoms with Gasteiger partial charge < -0.3 is 24.8 Å². The van der Waals surface area contributed by atoms with Crippen molar-refractivity contribution in [3.05, 3.63) is 53.1 Å². The summed E-state index contributed by atoms with van der Waals surface area (Å²) in [5.74, 6) is 0.527. The van der Waals surface area contributed by atoms with E-state index in [1.54, 1.807) is 25.6 Å². The van der Waals surface area contributed by atoms with Crippen LogP contribution in [0.3, 0.4) is 0 Å². The van der Waals surface area contributed by atoms with Crippen molar-refractivity contribution in [2.75, 3.05) is 45.2 Å². The van der Waals surface area contributed by atoms with E-state index in [4.69, 9.17) is 4.74 Å². The molecule has 1 aliphatic heterocycles. The number of H-pyrrole nitrogens is 1. The minimum atomic E-state index is -0.139. The monoisotopic (exact) mass is 411 g/mol. The van der Waals surface area contributed by atoms with E-state index in [-0.39, 0.29) is 17.5 Å². The van der Waals surface area contributed by atoms with E-state index in [2.05, 4.69) is 20.2 Å². The van der Waals surface area contributed by atoms with Crippen LogP contribution in [0.5, 0.6) is 5.88 Å². The molecule has 30 heavy (non-hydrogen) atoms. The molecule has 8 heteroatoms. The van der Waals surface area contributed by atoms with Crippen molar-refractivity contribution in [1.82, 2.24) is 20.2 Å². The van der Waals surface area contributed by atoms with Crippen LogP contribution in [-0.2, 0) is 4.79 Å². The van der Waals surface area contributed by atoms with Gasteiger partial charge in [-0.2, -0.15) is 0 Å². The van der Waals surface area contributed by atoms with Crippen LogP contribution in [0.1, 0.15) is 13.3 Å². The van der Waals surface area contributed by atoms with Crippen molar-refractivity contribution in [3.63, 3.8) is 0 Å². The Hall–Kier alpha value is -3.13. The van der Waals surface area contributed by atoms with Crippen LogP contribution in [0.25, 0.3) is 11.1 Å². The number of nitrogens with one attached hydrogen (secondary N) is 2. The number of hydrogen-bond acceptors (Lipinski definition) is 6. The van der Waals surface area contributed by atoms with E-state index in [1.807, 2.05) is 43.1 Å². The second-order valence-electron chi connectivity index (χ2n) is 7.16. The zero-order chi connectivity index (χ0) is 21.5. The summed E-state index contributed by atoms with van der Waals surface area (Å²) in [6.07, 6.45) is 7.64. The fourth-order valence-electron chi connectivity index (χ4n) is 3.76. The first kappa shape index (κ1) is 21.6. The van der Waals surface area contributed by atoms with Gasteiger partial charge in [0.25, 0.3) is 5.56 Å². The lowest BCUT2D eigenvalue weighted by atomic mass is 10.1. The zero-order valence-corrected chi connectivity index (χ0v) is 17.7. The van der Waals surface area contributed by atoms with Gasteiger partial charge >= 0.3 is 0 Å². The van der Waals surface area contributed by atoms with E-state index in [0.717, 1.165) is 17.5 Å². The molecule has 1 fully saturated rings. The largest absolute Gasteiger partial charge is 0.481 e. The number of methoxy groups -OCH3 is 1. The molecule has 0 spiro atoms. The lowest BCUT2D eigenvalue weighted by Crippen LogP contribution is -2.41. The minimum absolute atomic E-state index is 0.00958. The van der Waals surface area contributed by atoms with Gasteiger partial charge in [-0.1, -0.05) is 6.08 Å². The van der Waals surface area contributed by atoms with Gasteiger partial charge in [0.2, 0.25) is 11.8 Å². The molecular formula is C22H29N5O3. The summed E-state index contributed by atoms with van der Waals surface area (Å²) >= 11 is 0. The highest BCUT2D eigenvalue weighted by Gasteiger charge is 2.30. The number of rotatable bonds is 8. The Labute approximate surface area is 176 Å². The van der Waals surface area contributed by atoms with Crippen molar-refractivity contribution in [2.45, 2.75) is 19.4 Å². The fraction of sp³-hybridized carbons (Fsp3) is 0.409. The molecule has 3 heterocycles. The molecular weight excluding hydrogens is 382 g/mol. The smallest absolute Gasteiger partial charge is 0.271 e. The topological polar surface area (TPSA) is 90.6 Å². The third kappa shape index (κ3) is 4.88. The average Bonchev–Trinajstić information content (AvgIpc) is 3.25. The number of aromatic nitrogens is 2. The van der Waals surface area contributed by atoms with Gasteiger partial charge in [0.1, 0.15) is 5.69 Å². The SMILES string of the molecule is CCN(c1cc(-c2ccnc(OC)c2)c[nH]c1=O)[C@H]1CCN(C(=O)C=CCNC)C1. The van der Waals surface area contributed by atoms with E-state index >= 15 is 0 Å². The molecule has 160 valence electrons. The van der Waals surface area contributed by atoms with E-state index in [0.29, 0.717) is 37.7 Å². The highest BCUT2D eigenvalue weighted by molar-refractivity contribution is 5.88. The van der Waals surface area contributed by atoms with Crippen LogP contribution in [0.4, 0.5) is 5.69 Å². The molecule has 1 aliphatic rings. The molecule has 2 aromatic rings. The normalized spacial score (nSPS) is 16.2. The summed E-state index contributed by atoms with van der Waals surface area (Å²) in [7, 11) is 3.41. The maximum Gasteiger partial charge on any atom is 0.271 e. The van der Waals surface area contributed by atoms with Crippen molar-refractivity contribution >= 4 is 11.6 Å². The summed E-state index contributed by atoms with van der Waals surface area (Å²) in [5, 5.41) is 2.99. The highest BCUT2D eigenvalue weighted by atomic mass is 16.5. The number of anilines is 1. The number of hydrogen-bond donors (Lipinski definition) is 2. The highest BCUT2D eigenvalue weighted by Crippen LogP contribution is 2.26. The van der Waals surface area contributed by atoms with Crippen LogP contribution < -0.4 is 20.5 Å².